The molecule has 0 radical (unpaired) electrons. The van der Waals surface area contributed by atoms with Crippen molar-refractivity contribution in [1.82, 2.24) is 4.57 Å². The minimum atomic E-state index is -0.300. The molecule has 0 atom stereocenters. The molecule has 1 aromatic carbocycles. The van der Waals surface area contributed by atoms with Gasteiger partial charge in [-0.25, -0.2) is 0 Å². The topological polar surface area (TPSA) is 74.8 Å². The van der Waals surface area contributed by atoms with Crippen molar-refractivity contribution >= 4 is 11.5 Å². The Bertz CT molecular complexity index is 741. The zero-order valence-electron chi connectivity index (χ0n) is 10.5. The number of hydrogen-bond acceptors (Lipinski definition) is 4. The fraction of sp³-hybridized carbons (Fsp3) is 0.143. The summed E-state index contributed by atoms with van der Waals surface area (Å²) in [6, 6.07) is 7.04. The molecule has 1 aliphatic carbocycles. The molecule has 0 aliphatic heterocycles. The van der Waals surface area contributed by atoms with Crippen LogP contribution in [0.3, 0.4) is 0 Å². The highest BCUT2D eigenvalue weighted by Crippen LogP contribution is 2.40. The van der Waals surface area contributed by atoms with Crippen molar-refractivity contribution < 1.29 is 15.0 Å². The zero-order chi connectivity index (χ0) is 13.7. The van der Waals surface area contributed by atoms with Crippen molar-refractivity contribution in [2.45, 2.75) is 0 Å². The predicted molar refractivity (Wildman–Crippen MR) is 70.2 cm³/mol. The maximum absolute atomic E-state index is 12.4. The van der Waals surface area contributed by atoms with Gasteiger partial charge in [0.25, 0.3) is 0 Å². The average Bonchev–Trinajstić information content (AvgIpc) is 2.65. The second-order valence-corrected chi connectivity index (χ2v) is 4.40. The molecule has 5 nitrogen and oxygen atoms in total. The smallest absolute Gasteiger partial charge is 0.205 e. The molecule has 5 heteroatoms. The van der Waals surface area contributed by atoms with Crippen LogP contribution in [0.1, 0.15) is 27.0 Å². The number of nitrogens with zero attached hydrogens (tertiary/aromatic N) is 2. The van der Waals surface area contributed by atoms with E-state index in [1.54, 1.807) is 25.2 Å². The van der Waals surface area contributed by atoms with Crippen molar-refractivity contribution in [1.29, 1.82) is 0 Å². The molecule has 0 bridgehead atoms. The molecule has 0 amide bonds. The van der Waals surface area contributed by atoms with Crippen LogP contribution in [0, 0.1) is 0 Å². The van der Waals surface area contributed by atoms with E-state index in [1.807, 2.05) is 6.07 Å². The van der Waals surface area contributed by atoms with Crippen LogP contribution in [-0.2, 0) is 7.05 Å². The second-order valence-electron chi connectivity index (χ2n) is 4.40. The first kappa shape index (κ1) is 11.5. The van der Waals surface area contributed by atoms with Gasteiger partial charge in [0.05, 0.1) is 16.8 Å². The number of rotatable bonds is 0. The number of aliphatic imine (C=N–C) groups is 1. The number of ketones is 1. The summed E-state index contributed by atoms with van der Waals surface area (Å²) in [5, 5.41) is 20.1. The van der Waals surface area contributed by atoms with Gasteiger partial charge in [-0.1, -0.05) is 24.3 Å². The molecule has 1 aromatic heterocycles. The van der Waals surface area contributed by atoms with Crippen molar-refractivity contribution in [3.05, 3.63) is 46.5 Å². The molecule has 3 rings (SSSR count). The van der Waals surface area contributed by atoms with E-state index in [0.29, 0.717) is 22.4 Å². The van der Waals surface area contributed by atoms with Gasteiger partial charge in [0.15, 0.2) is 5.78 Å². The fourth-order valence-corrected chi connectivity index (χ4v) is 2.49. The van der Waals surface area contributed by atoms with Gasteiger partial charge in [-0.05, 0) is 0 Å². The van der Waals surface area contributed by atoms with Crippen LogP contribution in [0.4, 0.5) is 0 Å². The molecule has 2 aromatic rings. The summed E-state index contributed by atoms with van der Waals surface area (Å²) in [6.45, 7) is 0. The second kappa shape index (κ2) is 3.71. The molecule has 0 unspecified atom stereocenters. The summed E-state index contributed by atoms with van der Waals surface area (Å²) >= 11 is 0. The Morgan fingerprint density at radius 1 is 1.05 bits per heavy atom. The molecule has 0 spiro atoms. The summed E-state index contributed by atoms with van der Waals surface area (Å²) in [7, 11) is 3.09. The van der Waals surface area contributed by atoms with Gasteiger partial charge in [0.1, 0.15) is 0 Å². The van der Waals surface area contributed by atoms with Crippen LogP contribution in [0.5, 0.6) is 11.8 Å². The molecular weight excluding hydrogens is 244 g/mol. The highest BCUT2D eigenvalue weighted by molar-refractivity contribution is 6.31. The predicted octanol–water partition coefficient (Wildman–Crippen LogP) is 1.45. The monoisotopic (exact) mass is 256 g/mol. The first-order valence-corrected chi connectivity index (χ1v) is 5.79. The summed E-state index contributed by atoms with van der Waals surface area (Å²) < 4.78 is 1.18. The number of carbonyl (C=O) groups is 1. The molecule has 0 saturated carbocycles. The third-order valence-corrected chi connectivity index (χ3v) is 3.45. The molecular formula is C14H12N2O3. The highest BCUT2D eigenvalue weighted by atomic mass is 16.3. The van der Waals surface area contributed by atoms with Crippen molar-refractivity contribution in [2.24, 2.45) is 12.0 Å². The minimum absolute atomic E-state index is 0.110. The zero-order valence-corrected chi connectivity index (χ0v) is 10.5. The van der Waals surface area contributed by atoms with Crippen molar-refractivity contribution in [3.8, 4) is 11.8 Å². The number of fused-ring (bicyclic) bond motifs is 2. The Balaban J connectivity index is 2.45. The lowest BCUT2D eigenvalue weighted by Crippen LogP contribution is -2.20. The molecule has 1 aliphatic rings. The van der Waals surface area contributed by atoms with Crippen LogP contribution < -0.4 is 0 Å². The summed E-state index contributed by atoms with van der Waals surface area (Å²) in [5.41, 5.74) is 2.07. The lowest BCUT2D eigenvalue weighted by Gasteiger charge is -2.17. The third kappa shape index (κ3) is 1.29. The van der Waals surface area contributed by atoms with E-state index in [9.17, 15) is 15.0 Å². The average molecular weight is 256 g/mol. The molecule has 96 valence electrons. The number of aromatic hydroxyl groups is 2. The van der Waals surface area contributed by atoms with Gasteiger partial charge in [-0.2, -0.15) is 0 Å². The van der Waals surface area contributed by atoms with Gasteiger partial charge < -0.3 is 10.2 Å². The van der Waals surface area contributed by atoms with E-state index in [1.165, 1.54) is 11.6 Å². The maximum atomic E-state index is 12.4. The molecule has 2 N–H and O–H groups in total. The standard InChI is InChI=1S/C14H12N2O3/c1-15-11-7-5-3-4-6-8(7)12(17)10-9(11)13(18)16(2)14(10)19/h3-6,18-19H,1-2H3. The molecule has 0 saturated heterocycles. The van der Waals surface area contributed by atoms with Gasteiger partial charge in [-0.15, -0.1) is 0 Å². The Kier molecular flexibility index (Phi) is 2.25. The van der Waals surface area contributed by atoms with Gasteiger partial charge in [0, 0.05) is 25.2 Å². The van der Waals surface area contributed by atoms with Crippen molar-refractivity contribution in [2.75, 3.05) is 7.05 Å². The number of benzene rings is 1. The van der Waals surface area contributed by atoms with E-state index < -0.39 is 0 Å². The van der Waals surface area contributed by atoms with E-state index in [-0.39, 0.29) is 23.1 Å². The van der Waals surface area contributed by atoms with Crippen LogP contribution in [0.15, 0.2) is 29.3 Å². The Labute approximate surface area is 109 Å². The van der Waals surface area contributed by atoms with Gasteiger partial charge in [0.2, 0.25) is 11.8 Å². The van der Waals surface area contributed by atoms with E-state index in [2.05, 4.69) is 4.99 Å². The largest absolute Gasteiger partial charge is 0.494 e. The maximum Gasteiger partial charge on any atom is 0.205 e. The van der Waals surface area contributed by atoms with Gasteiger partial charge >= 0.3 is 0 Å². The Morgan fingerprint density at radius 2 is 1.63 bits per heavy atom. The first-order chi connectivity index (χ1) is 9.07. The lowest BCUT2D eigenvalue weighted by atomic mass is 9.85. The van der Waals surface area contributed by atoms with Crippen LogP contribution in [-0.4, -0.2) is 33.3 Å². The fourth-order valence-electron chi connectivity index (χ4n) is 2.49. The summed E-state index contributed by atoms with van der Waals surface area (Å²) in [4.78, 5) is 16.6. The van der Waals surface area contributed by atoms with Crippen LogP contribution in [0.2, 0.25) is 0 Å². The minimum Gasteiger partial charge on any atom is -0.494 e. The molecule has 0 fully saturated rings. The summed E-state index contributed by atoms with van der Waals surface area (Å²) in [5.74, 6) is -0.699. The van der Waals surface area contributed by atoms with Crippen molar-refractivity contribution in [3.63, 3.8) is 0 Å². The quantitative estimate of drug-likeness (QED) is 0.639. The number of hydrogen-bond donors (Lipinski definition) is 2. The number of aromatic nitrogens is 1. The van der Waals surface area contributed by atoms with Crippen LogP contribution >= 0.6 is 0 Å². The highest BCUT2D eigenvalue weighted by Gasteiger charge is 2.36. The lowest BCUT2D eigenvalue weighted by molar-refractivity contribution is 0.103. The SMILES string of the molecule is CN=C1c2ccccc2C(=O)c2c1c(O)n(C)c2O. The Hall–Kier alpha value is -2.56. The third-order valence-electron chi connectivity index (χ3n) is 3.45. The molecule has 19 heavy (non-hydrogen) atoms. The van der Waals surface area contributed by atoms with Crippen LogP contribution in [0.25, 0.3) is 0 Å². The molecule has 1 heterocycles. The van der Waals surface area contributed by atoms with E-state index in [0.717, 1.165) is 0 Å². The normalized spacial score (nSPS) is 15.5. The number of carbonyl (C=O) groups excluding carboxylic acids is 1. The first-order valence-electron chi connectivity index (χ1n) is 5.79. The Morgan fingerprint density at radius 3 is 2.26 bits per heavy atom. The van der Waals surface area contributed by atoms with E-state index in [4.69, 9.17) is 0 Å². The summed E-state index contributed by atoms with van der Waals surface area (Å²) in [6.07, 6.45) is 0. The van der Waals surface area contributed by atoms with E-state index >= 15 is 0 Å². The van der Waals surface area contributed by atoms with Gasteiger partial charge in [-0.3, -0.25) is 14.4 Å².